The van der Waals surface area contributed by atoms with Crippen LogP contribution >= 0.6 is 25.3 Å². The Morgan fingerprint density at radius 3 is 1.33 bits per heavy atom. The molecule has 12 heteroatoms. The highest BCUT2D eigenvalue weighted by atomic mass is 32.1. The molecule has 0 saturated heterocycles. The van der Waals surface area contributed by atoms with Crippen LogP contribution in [0.2, 0.25) is 37.8 Å². The predicted octanol–water partition coefficient (Wildman–Crippen LogP) is 6.46. The molecule has 0 atom stereocenters. The van der Waals surface area contributed by atoms with Gasteiger partial charge in [-0.05, 0) is 89.3 Å². The van der Waals surface area contributed by atoms with Gasteiger partial charge in [0, 0.05) is 48.3 Å². The summed E-state index contributed by atoms with van der Waals surface area (Å²) in [6.45, 7) is 18.9. The molecule has 0 bridgehead atoms. The Kier molecular flexibility index (Phi) is 29.9. The summed E-state index contributed by atoms with van der Waals surface area (Å²) in [6.07, 6.45) is 3.15. The molecule has 0 spiro atoms. The summed E-state index contributed by atoms with van der Waals surface area (Å²) in [4.78, 5) is 0. The minimum Gasteiger partial charge on any atom is -0.398 e. The van der Waals surface area contributed by atoms with Crippen LogP contribution in [-0.2, 0) is 31.3 Å². The molecule has 0 aliphatic rings. The van der Waals surface area contributed by atoms with Crippen molar-refractivity contribution in [3.8, 4) is 0 Å². The lowest BCUT2D eigenvalue weighted by Crippen LogP contribution is -2.38. The number of ether oxygens (including phenoxy) is 1. The molecule has 0 aromatic heterocycles. The molecular weight excluding hydrogens is 549 g/mol. The second kappa shape index (κ2) is 26.1. The van der Waals surface area contributed by atoms with E-state index in [1.165, 1.54) is 0 Å². The average molecular weight is 607 g/mol. The van der Waals surface area contributed by atoms with Crippen molar-refractivity contribution in [3.05, 3.63) is 12.2 Å². The van der Waals surface area contributed by atoms with Gasteiger partial charge in [-0.1, -0.05) is 12.2 Å². The normalized spacial score (nSPS) is 11.9. The lowest BCUT2D eigenvalue weighted by atomic mass is 10.4. The maximum atomic E-state index is 5.65. The summed E-state index contributed by atoms with van der Waals surface area (Å²) < 4.78 is 38.0. The molecule has 0 fully saturated rings. The lowest BCUT2D eigenvalue weighted by molar-refractivity contribution is 0.152. The standard InChI is InChI=1S/C10H22O3Si.C8H20O2SSi.C6H16O2SSi/c1-10(2)9-13-7-6-8-14(5,11-3)12-4;1-4-9-12(3,10-5-2)8-6-7-11;1-7-10(3,8-2)6-4-5-9/h1,6-9H2,2-5H3;11H,4-8H2,1-3H3;9H,4-6H2,1-3H3. The molecule has 0 aliphatic carbocycles. The Balaban J connectivity index is -0.000000460. The second-order valence-electron chi connectivity index (χ2n) is 8.85. The third kappa shape index (κ3) is 25.1. The molecule has 0 rings (SSSR count). The van der Waals surface area contributed by atoms with Crippen molar-refractivity contribution in [2.75, 3.05) is 66.4 Å². The van der Waals surface area contributed by atoms with Crippen LogP contribution in [0.1, 0.15) is 40.0 Å². The van der Waals surface area contributed by atoms with E-state index in [1.807, 2.05) is 20.8 Å². The van der Waals surface area contributed by atoms with Gasteiger partial charge in [-0.15, -0.1) is 0 Å². The van der Waals surface area contributed by atoms with Crippen molar-refractivity contribution in [2.45, 2.75) is 77.8 Å². The van der Waals surface area contributed by atoms with Crippen LogP contribution in [0, 0.1) is 0 Å². The zero-order valence-electron chi connectivity index (χ0n) is 24.9. The topological polar surface area (TPSA) is 64.6 Å². The summed E-state index contributed by atoms with van der Waals surface area (Å²) in [7, 11) is 1.40. The fourth-order valence-electron chi connectivity index (χ4n) is 2.91. The third-order valence-electron chi connectivity index (χ3n) is 5.47. The first-order valence-electron chi connectivity index (χ1n) is 12.8. The van der Waals surface area contributed by atoms with Crippen LogP contribution in [-0.4, -0.2) is 92.1 Å². The van der Waals surface area contributed by atoms with Crippen LogP contribution in [0.5, 0.6) is 0 Å². The Morgan fingerprint density at radius 2 is 1.03 bits per heavy atom. The van der Waals surface area contributed by atoms with E-state index in [0.717, 1.165) is 74.3 Å². The highest BCUT2D eigenvalue weighted by molar-refractivity contribution is 7.80. The van der Waals surface area contributed by atoms with E-state index in [1.54, 1.807) is 28.4 Å². The van der Waals surface area contributed by atoms with E-state index in [2.05, 4.69) is 51.5 Å². The van der Waals surface area contributed by atoms with Crippen LogP contribution in [0.4, 0.5) is 0 Å². The molecule has 0 radical (unpaired) electrons. The molecule has 7 nitrogen and oxygen atoms in total. The van der Waals surface area contributed by atoms with Crippen molar-refractivity contribution in [1.29, 1.82) is 0 Å². The van der Waals surface area contributed by atoms with E-state index in [-0.39, 0.29) is 0 Å². The van der Waals surface area contributed by atoms with Gasteiger partial charge in [-0.25, -0.2) is 0 Å². The van der Waals surface area contributed by atoms with Gasteiger partial charge in [-0.3, -0.25) is 0 Å². The van der Waals surface area contributed by atoms with Crippen LogP contribution < -0.4 is 0 Å². The third-order valence-corrected chi connectivity index (χ3v) is 15.1. The van der Waals surface area contributed by atoms with Gasteiger partial charge in [0.05, 0.1) is 6.61 Å². The highest BCUT2D eigenvalue weighted by Gasteiger charge is 2.30. The van der Waals surface area contributed by atoms with Gasteiger partial charge >= 0.3 is 25.7 Å². The van der Waals surface area contributed by atoms with Gasteiger partial charge in [0.15, 0.2) is 0 Å². The maximum Gasteiger partial charge on any atom is 0.334 e. The van der Waals surface area contributed by atoms with Gasteiger partial charge in [0.1, 0.15) is 0 Å². The number of hydrogen-bond acceptors (Lipinski definition) is 9. The minimum atomic E-state index is -1.88. The number of hydrogen-bond donors (Lipinski definition) is 2. The zero-order valence-corrected chi connectivity index (χ0v) is 29.7. The van der Waals surface area contributed by atoms with Crippen molar-refractivity contribution in [2.24, 2.45) is 0 Å². The molecule has 0 aromatic rings. The van der Waals surface area contributed by atoms with E-state index in [4.69, 9.17) is 31.3 Å². The van der Waals surface area contributed by atoms with E-state index in [9.17, 15) is 0 Å². The quantitative estimate of drug-likeness (QED) is 0.0714. The summed E-state index contributed by atoms with van der Waals surface area (Å²) in [5.41, 5.74) is 1.06. The Bertz CT molecular complexity index is 492. The maximum absolute atomic E-state index is 5.65. The Hall–Kier alpha value is 0.811. The molecule has 0 unspecified atom stereocenters. The van der Waals surface area contributed by atoms with Crippen molar-refractivity contribution in [1.82, 2.24) is 0 Å². The first-order chi connectivity index (χ1) is 16.9. The monoisotopic (exact) mass is 606 g/mol. The van der Waals surface area contributed by atoms with Gasteiger partial charge < -0.3 is 31.3 Å². The molecule has 36 heavy (non-hydrogen) atoms. The van der Waals surface area contributed by atoms with Gasteiger partial charge in [0.2, 0.25) is 0 Å². The summed E-state index contributed by atoms with van der Waals surface area (Å²) in [5.74, 6) is 1.83. The molecule has 220 valence electrons. The zero-order chi connectivity index (χ0) is 28.5. The fraction of sp³-hybridized carbons (Fsp3) is 0.917. The van der Waals surface area contributed by atoms with Crippen molar-refractivity contribution < 1.29 is 31.3 Å². The van der Waals surface area contributed by atoms with Crippen molar-refractivity contribution in [3.63, 3.8) is 0 Å². The van der Waals surface area contributed by atoms with Crippen LogP contribution in [0.15, 0.2) is 12.2 Å². The molecule has 0 amide bonds. The molecular formula is C24H58O7S2Si3. The van der Waals surface area contributed by atoms with Gasteiger partial charge in [0.25, 0.3) is 0 Å². The molecule has 0 aliphatic heterocycles. The summed E-state index contributed by atoms with van der Waals surface area (Å²) in [6, 6.07) is 3.05. The van der Waals surface area contributed by atoms with E-state index >= 15 is 0 Å². The molecule has 0 N–H and O–H groups in total. The highest BCUT2D eigenvalue weighted by Crippen LogP contribution is 2.16. The first-order valence-corrected chi connectivity index (χ1v) is 21.7. The van der Waals surface area contributed by atoms with Crippen LogP contribution in [0.25, 0.3) is 0 Å². The Morgan fingerprint density at radius 1 is 0.667 bits per heavy atom. The average Bonchev–Trinajstić information content (AvgIpc) is 2.86. The summed E-state index contributed by atoms with van der Waals surface area (Å²) in [5, 5.41) is 0. The van der Waals surface area contributed by atoms with Crippen molar-refractivity contribution >= 4 is 50.9 Å². The SMILES string of the molecule is C=C(C)COCCC[Si](C)(OC)OC.CCO[Si](C)(CCCS)OCC.CO[Si](C)(CCCS)OC. The number of rotatable bonds is 20. The molecule has 0 saturated carbocycles. The summed E-state index contributed by atoms with van der Waals surface area (Å²) >= 11 is 8.30. The predicted molar refractivity (Wildman–Crippen MR) is 168 cm³/mol. The largest absolute Gasteiger partial charge is 0.398 e. The van der Waals surface area contributed by atoms with Crippen LogP contribution in [0.3, 0.4) is 0 Å². The molecule has 0 aromatic carbocycles. The number of thiol groups is 2. The Labute approximate surface area is 237 Å². The second-order valence-corrected chi connectivity index (χ2v) is 20.3. The fourth-order valence-corrected chi connectivity index (χ4v) is 8.99. The minimum absolute atomic E-state index is 0.651. The molecule has 0 heterocycles. The lowest BCUT2D eigenvalue weighted by Gasteiger charge is -2.25. The smallest absolute Gasteiger partial charge is 0.334 e. The first kappa shape index (κ1) is 41.3. The van der Waals surface area contributed by atoms with Gasteiger partial charge in [-0.2, -0.15) is 25.3 Å². The van der Waals surface area contributed by atoms with E-state index < -0.39 is 25.7 Å². The van der Waals surface area contributed by atoms with E-state index in [0.29, 0.717) is 6.61 Å².